The topological polar surface area (TPSA) is 111 Å². The highest BCUT2D eigenvalue weighted by atomic mass is 16.5. The lowest BCUT2D eigenvalue weighted by Gasteiger charge is -2.20. The van der Waals surface area contributed by atoms with Gasteiger partial charge in [-0.05, 0) is 255 Å². The van der Waals surface area contributed by atoms with Crippen molar-refractivity contribution in [2.75, 3.05) is 79.3 Å². The van der Waals surface area contributed by atoms with Gasteiger partial charge in [0.2, 0.25) is 0 Å². The summed E-state index contributed by atoms with van der Waals surface area (Å²) in [6.45, 7) is 7.91. The molecule has 0 N–H and O–H groups in total. The average molecular weight is 1650 g/mol. The molecule has 0 aromatic heterocycles. The molecule has 11 rings (SSSR count). The molecule has 0 atom stereocenters. The van der Waals surface area contributed by atoms with E-state index in [1.165, 1.54) is 259 Å². The van der Waals surface area contributed by atoms with Crippen molar-refractivity contribution >= 4 is 0 Å². The second kappa shape index (κ2) is 53.2. The first-order valence-electron chi connectivity index (χ1n) is 50.1. The predicted octanol–water partition coefficient (Wildman–Crippen LogP) is 29.2. The maximum atomic E-state index is 7.08. The zero-order valence-electron chi connectivity index (χ0n) is 74.7. The van der Waals surface area contributed by atoms with Gasteiger partial charge in [-0.15, -0.1) is 0 Å². The van der Waals surface area contributed by atoms with E-state index in [1.807, 2.05) is 0 Å². The zero-order chi connectivity index (χ0) is 81.7. The molecular formula is C108H156O12. The average Bonchev–Trinajstić information content (AvgIpc) is 1.62. The van der Waals surface area contributed by atoms with Crippen molar-refractivity contribution in [1.82, 2.24) is 0 Å². The summed E-state index contributed by atoms with van der Waals surface area (Å²) in [6.07, 6.45) is 67.0. The molecule has 2 aliphatic carbocycles. The smallest absolute Gasteiger partial charge is 0.161 e. The fourth-order valence-corrected chi connectivity index (χ4v) is 19.3. The standard InChI is InChI=1S/C108H156O12/c1-2-8-20-32-44-56-110-98-74-86-68-94-82-106-102-78-90(94)72-96-84-108-101-77-89(96)70-93(86)80-104(98)116-62-50-38-26-14-13-25-37-49-61-115-103-79-91-69-87-75-99(111-57-45-33-21-9-3-5-12-24-36-48-60-114-102)107(119-65-53-41-29-18-17-28-40-52-64-118-106)83-95(87)71-88-76-100(112-58-46-34-22-10-4-6-11-23-35-47-59-113-101)105(117-63-51-39-27-15-16-30-42-54-66-120-108)81-92(88)67-85(91)73-97(103)109-55-43-31-19-7-1/h73-84H,1-72H2. The van der Waals surface area contributed by atoms with Crippen LogP contribution in [0.4, 0.5) is 0 Å². The SMILES string of the molecule is c1c2c3cc4c1OCCCCCCCCCCCCOc1cc5c(cc1OCCCCCCCCCCO4)Cc1cc4c6cc1Cc1cc7c(cc1C5)OCCCCCCCCCCOc1cc(c(cc1OCCCCCCCCCCCCO7)C3)Cc1cc(c(cc1C2)OCCCCCCCCCCO6)OCCCCCCCCCCCCO4. The van der Waals surface area contributed by atoms with Crippen LogP contribution in [0.1, 0.15) is 413 Å². The monoisotopic (exact) mass is 1650 g/mol. The van der Waals surface area contributed by atoms with E-state index in [4.69, 9.17) is 56.8 Å². The van der Waals surface area contributed by atoms with E-state index in [0.717, 1.165) is 262 Å². The summed E-state index contributed by atoms with van der Waals surface area (Å²) in [7, 11) is 0. The van der Waals surface area contributed by atoms with Crippen molar-refractivity contribution in [2.45, 2.75) is 385 Å². The minimum absolute atomic E-state index is 0.653. The van der Waals surface area contributed by atoms with Gasteiger partial charge < -0.3 is 56.8 Å². The van der Waals surface area contributed by atoms with Crippen LogP contribution in [-0.4, -0.2) is 79.3 Å². The molecule has 0 spiro atoms. The lowest BCUT2D eigenvalue weighted by Crippen LogP contribution is -2.07. The number of ether oxygens (including phenoxy) is 12. The molecule has 6 aromatic rings. The minimum Gasteiger partial charge on any atom is -0.490 e. The van der Waals surface area contributed by atoms with Crippen molar-refractivity contribution in [3.05, 3.63) is 140 Å². The number of benzene rings is 6. The Bertz CT molecular complexity index is 3280. The third-order valence-corrected chi connectivity index (χ3v) is 26.7. The molecule has 0 amide bonds. The van der Waals surface area contributed by atoms with Gasteiger partial charge in [0.15, 0.2) is 69.0 Å². The Morgan fingerprint density at radius 1 is 0.0917 bits per heavy atom. The second-order valence-electron chi connectivity index (χ2n) is 36.7. The van der Waals surface area contributed by atoms with E-state index in [2.05, 4.69) is 72.8 Å². The summed E-state index contributed by atoms with van der Waals surface area (Å²) in [6, 6.07) is 28.5. The van der Waals surface area contributed by atoms with Gasteiger partial charge in [-0.2, -0.15) is 0 Å². The number of hydrogen-bond donors (Lipinski definition) is 0. The van der Waals surface area contributed by atoms with Crippen molar-refractivity contribution < 1.29 is 56.8 Å². The van der Waals surface area contributed by atoms with E-state index in [0.29, 0.717) is 79.3 Å². The van der Waals surface area contributed by atoms with E-state index in [-0.39, 0.29) is 0 Å². The van der Waals surface area contributed by atoms with Crippen molar-refractivity contribution in [2.24, 2.45) is 0 Å². The Morgan fingerprint density at radius 2 is 0.158 bits per heavy atom. The first-order chi connectivity index (χ1) is 59.6. The van der Waals surface area contributed by atoms with Gasteiger partial charge in [-0.25, -0.2) is 0 Å². The van der Waals surface area contributed by atoms with Gasteiger partial charge in [0.05, 0.1) is 79.3 Å². The summed E-state index contributed by atoms with van der Waals surface area (Å²) in [4.78, 5) is 0. The van der Waals surface area contributed by atoms with Crippen LogP contribution in [0.15, 0.2) is 72.8 Å². The normalized spacial score (nSPS) is 20.4. The lowest BCUT2D eigenvalue weighted by atomic mass is 9.94. The van der Waals surface area contributed by atoms with Crippen molar-refractivity contribution in [3.63, 3.8) is 0 Å². The molecule has 12 heteroatoms. The van der Waals surface area contributed by atoms with E-state index in [9.17, 15) is 0 Å². The van der Waals surface area contributed by atoms with Crippen LogP contribution < -0.4 is 56.8 Å². The lowest BCUT2D eigenvalue weighted by molar-refractivity contribution is 0.256. The number of hydrogen-bond acceptors (Lipinski definition) is 12. The molecule has 3 aliphatic heterocycles. The molecular weight excluding hydrogens is 1490 g/mol. The van der Waals surface area contributed by atoms with Gasteiger partial charge in [0, 0.05) is 0 Å². The van der Waals surface area contributed by atoms with E-state index >= 15 is 0 Å². The highest BCUT2D eigenvalue weighted by Crippen LogP contribution is 2.46. The molecule has 0 bridgehead atoms. The maximum Gasteiger partial charge on any atom is 0.161 e. The zero-order valence-corrected chi connectivity index (χ0v) is 74.7. The van der Waals surface area contributed by atoms with E-state index in [1.54, 1.807) is 0 Å². The number of rotatable bonds is 0. The molecule has 660 valence electrons. The molecule has 0 unspecified atom stereocenters. The molecule has 12 nitrogen and oxygen atoms in total. The Balaban J connectivity index is 0.933. The summed E-state index contributed by atoms with van der Waals surface area (Å²) < 4.78 is 84.8. The molecule has 0 saturated carbocycles. The highest BCUT2D eigenvalue weighted by molar-refractivity contribution is 5.61. The Labute approximate surface area is 725 Å². The van der Waals surface area contributed by atoms with Crippen molar-refractivity contribution in [3.8, 4) is 69.0 Å². The summed E-state index contributed by atoms with van der Waals surface area (Å²) in [5, 5.41) is 0. The predicted molar refractivity (Wildman–Crippen MR) is 491 cm³/mol. The number of fused-ring (bicyclic) bond motifs is 12. The summed E-state index contributed by atoms with van der Waals surface area (Å²) in [5.74, 6) is 10.5. The maximum absolute atomic E-state index is 7.08. The quantitative estimate of drug-likeness (QED) is 0.144. The van der Waals surface area contributed by atoms with Crippen LogP contribution in [0.2, 0.25) is 0 Å². The Morgan fingerprint density at radius 3 is 0.233 bits per heavy atom. The van der Waals surface area contributed by atoms with Crippen molar-refractivity contribution in [1.29, 1.82) is 0 Å². The van der Waals surface area contributed by atoms with Crippen LogP contribution in [0, 0.1) is 0 Å². The summed E-state index contributed by atoms with van der Waals surface area (Å²) >= 11 is 0. The molecule has 3 heterocycles. The van der Waals surface area contributed by atoms with Crippen LogP contribution in [-0.2, 0) is 38.5 Å². The molecule has 0 fully saturated rings. The van der Waals surface area contributed by atoms with Gasteiger partial charge in [-0.3, -0.25) is 0 Å². The van der Waals surface area contributed by atoms with E-state index < -0.39 is 0 Å². The van der Waals surface area contributed by atoms with Crippen LogP contribution in [0.3, 0.4) is 0 Å². The Kier molecular flexibility index (Phi) is 40.2. The van der Waals surface area contributed by atoms with Gasteiger partial charge in [0.25, 0.3) is 0 Å². The van der Waals surface area contributed by atoms with Gasteiger partial charge in [-0.1, -0.05) is 270 Å². The summed E-state index contributed by atoms with van der Waals surface area (Å²) in [5.41, 5.74) is 15.3. The molecule has 6 aromatic carbocycles. The molecule has 0 radical (unpaired) electrons. The molecule has 0 saturated heterocycles. The second-order valence-corrected chi connectivity index (χ2v) is 36.7. The minimum atomic E-state index is 0.653. The molecule has 120 heavy (non-hydrogen) atoms. The first-order valence-corrected chi connectivity index (χ1v) is 50.1. The third-order valence-electron chi connectivity index (χ3n) is 26.7. The van der Waals surface area contributed by atoms with Gasteiger partial charge in [0.1, 0.15) is 0 Å². The fraction of sp³-hybridized carbons (Fsp3) is 0.667. The van der Waals surface area contributed by atoms with Crippen LogP contribution in [0.25, 0.3) is 0 Å². The van der Waals surface area contributed by atoms with Gasteiger partial charge >= 0.3 is 0 Å². The first kappa shape index (κ1) is 90.6. The third kappa shape index (κ3) is 30.7. The highest BCUT2D eigenvalue weighted by Gasteiger charge is 2.28. The van der Waals surface area contributed by atoms with Crippen LogP contribution >= 0.6 is 0 Å². The fourth-order valence-electron chi connectivity index (χ4n) is 19.3. The van der Waals surface area contributed by atoms with Crippen LogP contribution in [0.5, 0.6) is 69.0 Å². The molecule has 5 aliphatic rings. The Hall–Kier alpha value is -7.08. The largest absolute Gasteiger partial charge is 0.490 e.